The molecule has 0 radical (unpaired) electrons. The summed E-state index contributed by atoms with van der Waals surface area (Å²) in [5, 5.41) is 2.13. The van der Waals surface area contributed by atoms with E-state index in [0.717, 1.165) is 30.0 Å². The second-order valence-electron chi connectivity index (χ2n) is 7.29. The van der Waals surface area contributed by atoms with E-state index in [1.165, 1.54) is 11.1 Å². The van der Waals surface area contributed by atoms with E-state index < -0.39 is 10.4 Å². The first-order chi connectivity index (χ1) is 11.8. The van der Waals surface area contributed by atoms with E-state index >= 15 is 0 Å². The molecule has 4 rings (SSSR count). The molecule has 2 aliphatic carbocycles. The number of carbonyl (C=O) groups is 1. The van der Waals surface area contributed by atoms with Gasteiger partial charge in [-0.2, -0.15) is 0 Å². The van der Waals surface area contributed by atoms with Crippen molar-refractivity contribution in [3.8, 4) is 0 Å². The minimum atomic E-state index is -4.69. The van der Waals surface area contributed by atoms with Gasteiger partial charge in [-0.1, -0.05) is 31.2 Å². The molecule has 2 aliphatic rings. The Morgan fingerprint density at radius 3 is 2.73 bits per heavy atom. The Hall–Kier alpha value is -0.760. The van der Waals surface area contributed by atoms with Gasteiger partial charge in [-0.25, -0.2) is 8.42 Å². The molecule has 2 atom stereocenters. The predicted molar refractivity (Wildman–Crippen MR) is 91.8 cm³/mol. The number of hydrogen-bond donors (Lipinski definition) is 0. The summed E-state index contributed by atoms with van der Waals surface area (Å²) in [6, 6.07) is 9.73. The molecule has 2 unspecified atom stereocenters. The molecule has 0 N–H and O–H groups in total. The van der Waals surface area contributed by atoms with Gasteiger partial charge in [0.25, 0.3) is 0 Å². The van der Waals surface area contributed by atoms with Crippen molar-refractivity contribution in [2.45, 2.75) is 45.1 Å². The number of hydrogen-bond acceptors (Lipinski definition) is 5. The second kappa shape index (κ2) is 7.00. The molecule has 1 saturated carbocycles. The van der Waals surface area contributed by atoms with Crippen LogP contribution in [0.15, 0.2) is 30.3 Å². The quantitative estimate of drug-likeness (QED) is 0.431. The van der Waals surface area contributed by atoms with Gasteiger partial charge in [0.15, 0.2) is 0 Å². The zero-order chi connectivity index (χ0) is 17.8. The molecule has 0 heterocycles. The molecule has 2 aromatic rings. The standard InChI is InChI=1S/C19H20O5S.Na/c1-19-9-8-15-14-4-2-12(11-24-25(21,22)23)10-13(14)3-5-16(15)17(19)6-7-18(19)20;/h2-5,10,17H,6-9,11H2,1H3,(H,21,22,23);/q;+1/p-1. The van der Waals surface area contributed by atoms with Gasteiger partial charge in [-0.05, 0) is 58.7 Å². The Morgan fingerprint density at radius 2 is 2.00 bits per heavy atom. The van der Waals surface area contributed by atoms with Crippen molar-refractivity contribution < 1.29 is 51.5 Å². The monoisotopic (exact) mass is 382 g/mol. The second-order valence-corrected chi connectivity index (χ2v) is 8.34. The molecule has 7 heteroatoms. The van der Waals surface area contributed by atoms with Crippen molar-refractivity contribution in [3.63, 3.8) is 0 Å². The average Bonchev–Trinajstić information content (AvgIpc) is 2.87. The van der Waals surface area contributed by atoms with Crippen molar-refractivity contribution in [1.82, 2.24) is 0 Å². The summed E-state index contributed by atoms with van der Waals surface area (Å²) in [4.78, 5) is 12.3. The van der Waals surface area contributed by atoms with Crippen LogP contribution in [0.2, 0.25) is 0 Å². The molecule has 0 spiro atoms. The maximum absolute atomic E-state index is 12.3. The summed E-state index contributed by atoms with van der Waals surface area (Å²) in [5.41, 5.74) is 2.98. The van der Waals surface area contributed by atoms with E-state index in [-0.39, 0.29) is 41.6 Å². The van der Waals surface area contributed by atoms with Gasteiger partial charge in [0, 0.05) is 11.8 Å². The van der Waals surface area contributed by atoms with Crippen LogP contribution >= 0.6 is 0 Å². The number of benzene rings is 2. The topological polar surface area (TPSA) is 83.5 Å². The van der Waals surface area contributed by atoms with Crippen LogP contribution < -0.4 is 29.6 Å². The number of aryl methyl sites for hydroxylation is 1. The summed E-state index contributed by atoms with van der Waals surface area (Å²) in [5.74, 6) is 0.677. The van der Waals surface area contributed by atoms with Crippen LogP contribution in [0.1, 0.15) is 48.8 Å². The Kier molecular flexibility index (Phi) is 5.38. The smallest absolute Gasteiger partial charge is 0.726 e. The average molecular weight is 382 g/mol. The third-order valence-corrected chi connectivity index (χ3v) is 6.34. The molecular formula is C19H19NaO5S. The van der Waals surface area contributed by atoms with Crippen molar-refractivity contribution >= 4 is 27.0 Å². The van der Waals surface area contributed by atoms with E-state index in [9.17, 15) is 17.8 Å². The fourth-order valence-electron chi connectivity index (χ4n) is 4.57. The number of fused-ring (bicyclic) bond motifs is 5. The van der Waals surface area contributed by atoms with Crippen LogP contribution in [0.25, 0.3) is 10.8 Å². The molecule has 0 saturated heterocycles. The summed E-state index contributed by atoms with van der Waals surface area (Å²) >= 11 is 0. The van der Waals surface area contributed by atoms with Gasteiger partial charge in [-0.15, -0.1) is 0 Å². The minimum Gasteiger partial charge on any atom is -0.726 e. The van der Waals surface area contributed by atoms with E-state index in [4.69, 9.17) is 0 Å². The van der Waals surface area contributed by atoms with Crippen LogP contribution in [-0.4, -0.2) is 18.8 Å². The zero-order valence-electron chi connectivity index (χ0n) is 14.9. The summed E-state index contributed by atoms with van der Waals surface area (Å²) in [7, 11) is -4.69. The Labute approximate surface area is 175 Å². The molecule has 0 aromatic heterocycles. The zero-order valence-corrected chi connectivity index (χ0v) is 17.8. The summed E-state index contributed by atoms with van der Waals surface area (Å²) in [6.07, 6.45) is 3.33. The Balaban J connectivity index is 0.00000196. The van der Waals surface area contributed by atoms with Crippen LogP contribution in [-0.2, 0) is 32.4 Å². The minimum absolute atomic E-state index is 0. The van der Waals surface area contributed by atoms with E-state index in [2.05, 4.69) is 17.2 Å². The normalized spacial score (nSPS) is 24.8. The van der Waals surface area contributed by atoms with Gasteiger partial charge in [0.1, 0.15) is 5.78 Å². The fourth-order valence-corrected chi connectivity index (χ4v) is 4.85. The van der Waals surface area contributed by atoms with Crippen LogP contribution in [0, 0.1) is 5.41 Å². The number of ketones is 1. The molecular weight excluding hydrogens is 363 g/mol. The molecule has 5 nitrogen and oxygen atoms in total. The molecule has 0 amide bonds. The maximum atomic E-state index is 12.3. The summed E-state index contributed by atoms with van der Waals surface area (Å²) in [6.45, 7) is 1.85. The van der Waals surface area contributed by atoms with Crippen LogP contribution in [0.5, 0.6) is 0 Å². The third kappa shape index (κ3) is 3.39. The van der Waals surface area contributed by atoms with E-state index in [0.29, 0.717) is 23.7 Å². The van der Waals surface area contributed by atoms with Crippen molar-refractivity contribution in [1.29, 1.82) is 0 Å². The van der Waals surface area contributed by atoms with Crippen molar-refractivity contribution in [3.05, 3.63) is 47.0 Å². The molecule has 132 valence electrons. The van der Waals surface area contributed by atoms with Crippen molar-refractivity contribution in [2.75, 3.05) is 0 Å². The molecule has 26 heavy (non-hydrogen) atoms. The third-order valence-electron chi connectivity index (χ3n) is 5.94. The molecule has 1 fully saturated rings. The van der Waals surface area contributed by atoms with Crippen molar-refractivity contribution in [2.24, 2.45) is 5.41 Å². The number of rotatable bonds is 3. The number of carbonyl (C=O) groups excluding carboxylic acids is 1. The summed E-state index contributed by atoms with van der Waals surface area (Å²) < 4.78 is 36.2. The predicted octanol–water partition coefficient (Wildman–Crippen LogP) is 0.220. The fraction of sp³-hybridized carbons (Fsp3) is 0.421. The van der Waals surface area contributed by atoms with Gasteiger partial charge in [0.2, 0.25) is 10.4 Å². The van der Waals surface area contributed by atoms with E-state index in [1.807, 2.05) is 18.2 Å². The molecule has 2 aromatic carbocycles. The first kappa shape index (κ1) is 20.0. The van der Waals surface area contributed by atoms with Gasteiger partial charge in [0.05, 0.1) is 6.61 Å². The Morgan fingerprint density at radius 1 is 1.23 bits per heavy atom. The maximum Gasteiger partial charge on any atom is 1.00 e. The first-order valence-electron chi connectivity index (χ1n) is 8.46. The van der Waals surface area contributed by atoms with Gasteiger partial charge in [-0.3, -0.25) is 8.98 Å². The van der Waals surface area contributed by atoms with Crippen LogP contribution in [0.3, 0.4) is 0 Å². The number of Topliss-reactive ketones (excluding diaryl/α,β-unsaturated/α-hetero) is 1. The van der Waals surface area contributed by atoms with Gasteiger partial charge < -0.3 is 4.55 Å². The molecule has 0 aliphatic heterocycles. The van der Waals surface area contributed by atoms with Gasteiger partial charge >= 0.3 is 29.6 Å². The van der Waals surface area contributed by atoms with E-state index in [1.54, 1.807) is 6.07 Å². The Bertz CT molecular complexity index is 985. The van der Waals surface area contributed by atoms with Crippen LogP contribution in [0.4, 0.5) is 0 Å². The molecule has 0 bridgehead atoms. The SMILES string of the molecule is CC12CCc3c(ccc4cc(COS(=O)(=O)[O-])ccc34)C1CCC2=O.[Na+]. The first-order valence-corrected chi connectivity index (χ1v) is 9.79. The largest absolute Gasteiger partial charge is 1.00 e.